The van der Waals surface area contributed by atoms with Gasteiger partial charge in [0.2, 0.25) is 5.56 Å². The van der Waals surface area contributed by atoms with Crippen LogP contribution in [-0.2, 0) is 10.0 Å². The standard InChI is InChI=1S/C10H11N5O3S/c11-19(17,18)10-14-13-9(15(10)6-4-5-6)7-2-1-3-8(16)12-7/h1-3,6H,4-5H2,(H,12,16)(H2,11,17,18). The molecule has 1 fully saturated rings. The fraction of sp³-hybridized carbons (Fsp3) is 0.300. The topological polar surface area (TPSA) is 124 Å². The monoisotopic (exact) mass is 281 g/mol. The van der Waals surface area contributed by atoms with Crippen molar-refractivity contribution in [2.24, 2.45) is 5.14 Å². The van der Waals surface area contributed by atoms with E-state index in [0.29, 0.717) is 11.5 Å². The first kappa shape index (κ1) is 12.1. The summed E-state index contributed by atoms with van der Waals surface area (Å²) < 4.78 is 24.4. The number of hydrogen-bond acceptors (Lipinski definition) is 5. The van der Waals surface area contributed by atoms with Crippen LogP contribution in [0.2, 0.25) is 0 Å². The second kappa shape index (κ2) is 4.00. The number of nitrogens with two attached hydrogens (primary N) is 1. The minimum Gasteiger partial charge on any atom is -0.319 e. The van der Waals surface area contributed by atoms with Crippen molar-refractivity contribution in [3.8, 4) is 11.5 Å². The molecule has 0 aromatic carbocycles. The number of H-pyrrole nitrogens is 1. The van der Waals surface area contributed by atoms with Crippen LogP contribution in [0.4, 0.5) is 0 Å². The summed E-state index contributed by atoms with van der Waals surface area (Å²) in [5.74, 6) is 0.309. The van der Waals surface area contributed by atoms with Crippen LogP contribution in [0.3, 0.4) is 0 Å². The third-order valence-corrected chi connectivity index (χ3v) is 3.63. The van der Waals surface area contributed by atoms with Crippen LogP contribution in [0.25, 0.3) is 11.5 Å². The second-order valence-corrected chi connectivity index (χ2v) is 5.84. The van der Waals surface area contributed by atoms with Gasteiger partial charge in [-0.15, -0.1) is 10.2 Å². The first-order chi connectivity index (χ1) is 8.97. The average Bonchev–Trinajstić information content (AvgIpc) is 3.06. The lowest BCUT2D eigenvalue weighted by molar-refractivity contribution is 0.567. The van der Waals surface area contributed by atoms with E-state index in [1.807, 2.05) is 0 Å². The van der Waals surface area contributed by atoms with Crippen molar-refractivity contribution in [2.75, 3.05) is 0 Å². The SMILES string of the molecule is NS(=O)(=O)c1nnc(-c2cccc(=O)[nH]2)n1C1CC1. The summed E-state index contributed by atoms with van der Waals surface area (Å²) in [6, 6.07) is 4.58. The van der Waals surface area contributed by atoms with Gasteiger partial charge in [0, 0.05) is 12.1 Å². The fourth-order valence-corrected chi connectivity index (χ4v) is 2.56. The highest BCUT2D eigenvalue weighted by molar-refractivity contribution is 7.89. The Bertz CT molecular complexity index is 787. The van der Waals surface area contributed by atoms with Gasteiger partial charge in [0.15, 0.2) is 5.82 Å². The van der Waals surface area contributed by atoms with Gasteiger partial charge >= 0.3 is 0 Å². The lowest BCUT2D eigenvalue weighted by Gasteiger charge is -2.07. The molecule has 19 heavy (non-hydrogen) atoms. The second-order valence-electron chi connectivity index (χ2n) is 4.38. The zero-order valence-electron chi connectivity index (χ0n) is 9.78. The molecule has 2 aromatic heterocycles. The summed E-state index contributed by atoms with van der Waals surface area (Å²) in [5, 5.41) is 12.3. The van der Waals surface area contributed by atoms with E-state index in [1.54, 1.807) is 12.1 Å². The van der Waals surface area contributed by atoms with Gasteiger partial charge in [-0.1, -0.05) is 6.07 Å². The maximum Gasteiger partial charge on any atom is 0.273 e. The molecule has 0 radical (unpaired) electrons. The molecule has 1 aliphatic carbocycles. The number of sulfonamides is 1. The lowest BCUT2D eigenvalue weighted by Crippen LogP contribution is -2.18. The van der Waals surface area contributed by atoms with E-state index < -0.39 is 10.0 Å². The summed E-state index contributed by atoms with van der Waals surface area (Å²) >= 11 is 0. The molecular weight excluding hydrogens is 270 g/mol. The maximum absolute atomic E-state index is 11.5. The molecule has 2 heterocycles. The van der Waals surface area contributed by atoms with Crippen LogP contribution in [0.5, 0.6) is 0 Å². The van der Waals surface area contributed by atoms with E-state index in [-0.39, 0.29) is 16.8 Å². The zero-order chi connectivity index (χ0) is 13.6. The van der Waals surface area contributed by atoms with Crippen molar-refractivity contribution in [1.29, 1.82) is 0 Å². The number of hydrogen-bond donors (Lipinski definition) is 2. The minimum absolute atomic E-state index is 0.0158. The Morgan fingerprint density at radius 3 is 2.63 bits per heavy atom. The molecule has 8 nitrogen and oxygen atoms in total. The summed E-state index contributed by atoms with van der Waals surface area (Å²) in [7, 11) is -3.94. The highest BCUT2D eigenvalue weighted by Crippen LogP contribution is 2.39. The minimum atomic E-state index is -3.94. The number of nitrogens with zero attached hydrogens (tertiary/aromatic N) is 3. The molecule has 9 heteroatoms. The zero-order valence-corrected chi connectivity index (χ0v) is 10.6. The van der Waals surface area contributed by atoms with Gasteiger partial charge in [-0.3, -0.25) is 9.36 Å². The van der Waals surface area contributed by atoms with E-state index in [0.717, 1.165) is 12.8 Å². The molecular formula is C10H11N5O3S. The van der Waals surface area contributed by atoms with Gasteiger partial charge in [-0.05, 0) is 18.9 Å². The van der Waals surface area contributed by atoms with Crippen LogP contribution >= 0.6 is 0 Å². The predicted molar refractivity (Wildman–Crippen MR) is 65.7 cm³/mol. The van der Waals surface area contributed by atoms with Crippen LogP contribution in [0.1, 0.15) is 18.9 Å². The molecule has 3 N–H and O–H groups in total. The van der Waals surface area contributed by atoms with E-state index >= 15 is 0 Å². The van der Waals surface area contributed by atoms with Crippen molar-refractivity contribution in [3.05, 3.63) is 28.6 Å². The van der Waals surface area contributed by atoms with E-state index in [9.17, 15) is 13.2 Å². The maximum atomic E-state index is 11.5. The molecule has 0 atom stereocenters. The molecule has 1 saturated carbocycles. The summed E-state index contributed by atoms with van der Waals surface area (Å²) in [5.41, 5.74) is 0.127. The Kier molecular flexibility index (Phi) is 2.54. The number of aromatic amines is 1. The molecule has 100 valence electrons. The van der Waals surface area contributed by atoms with E-state index in [1.165, 1.54) is 10.6 Å². The largest absolute Gasteiger partial charge is 0.319 e. The molecule has 0 spiro atoms. The Balaban J connectivity index is 2.23. The molecule has 0 bridgehead atoms. The summed E-state index contributed by atoms with van der Waals surface area (Å²) in [4.78, 5) is 13.9. The number of primary sulfonamides is 1. The van der Waals surface area contributed by atoms with Crippen LogP contribution < -0.4 is 10.7 Å². The highest BCUT2D eigenvalue weighted by atomic mass is 32.2. The van der Waals surface area contributed by atoms with Gasteiger partial charge in [-0.2, -0.15) is 0 Å². The third kappa shape index (κ3) is 2.17. The van der Waals surface area contributed by atoms with Crippen LogP contribution in [0.15, 0.2) is 28.2 Å². The van der Waals surface area contributed by atoms with Gasteiger partial charge in [0.05, 0.1) is 5.69 Å². The Morgan fingerprint density at radius 2 is 2.05 bits per heavy atom. The number of aromatic nitrogens is 4. The Morgan fingerprint density at radius 1 is 1.32 bits per heavy atom. The van der Waals surface area contributed by atoms with Gasteiger partial charge < -0.3 is 4.98 Å². The highest BCUT2D eigenvalue weighted by Gasteiger charge is 2.33. The summed E-state index contributed by atoms with van der Waals surface area (Å²) in [6.45, 7) is 0. The van der Waals surface area contributed by atoms with Crippen molar-refractivity contribution in [1.82, 2.24) is 19.7 Å². The fourth-order valence-electron chi connectivity index (χ4n) is 1.89. The van der Waals surface area contributed by atoms with Gasteiger partial charge in [-0.25, -0.2) is 13.6 Å². The molecule has 1 aliphatic rings. The van der Waals surface area contributed by atoms with Crippen molar-refractivity contribution in [2.45, 2.75) is 24.0 Å². The Hall–Kier alpha value is -2.00. The predicted octanol–water partition coefficient (Wildman–Crippen LogP) is -0.384. The van der Waals surface area contributed by atoms with Crippen molar-refractivity contribution >= 4 is 10.0 Å². The summed E-state index contributed by atoms with van der Waals surface area (Å²) in [6.07, 6.45) is 1.68. The smallest absolute Gasteiger partial charge is 0.273 e. The van der Waals surface area contributed by atoms with Gasteiger partial charge in [0.25, 0.3) is 15.2 Å². The number of nitrogens with one attached hydrogen (secondary N) is 1. The first-order valence-electron chi connectivity index (χ1n) is 5.64. The number of pyridine rings is 1. The van der Waals surface area contributed by atoms with Crippen LogP contribution in [0, 0.1) is 0 Å². The molecule has 0 aliphatic heterocycles. The third-order valence-electron chi connectivity index (χ3n) is 2.84. The number of rotatable bonds is 3. The molecule has 0 amide bonds. The van der Waals surface area contributed by atoms with Crippen molar-refractivity contribution < 1.29 is 8.42 Å². The first-order valence-corrected chi connectivity index (χ1v) is 7.19. The molecule has 2 aromatic rings. The van der Waals surface area contributed by atoms with Gasteiger partial charge in [0.1, 0.15) is 0 Å². The van der Waals surface area contributed by atoms with E-state index in [4.69, 9.17) is 5.14 Å². The quantitative estimate of drug-likeness (QED) is 0.793. The molecule has 0 unspecified atom stereocenters. The lowest BCUT2D eigenvalue weighted by atomic mass is 10.3. The normalized spacial score (nSPS) is 15.6. The average molecular weight is 281 g/mol. The van der Waals surface area contributed by atoms with Crippen LogP contribution in [-0.4, -0.2) is 28.2 Å². The molecule has 0 saturated heterocycles. The molecule has 3 rings (SSSR count). The van der Waals surface area contributed by atoms with E-state index in [2.05, 4.69) is 15.2 Å². The van der Waals surface area contributed by atoms with Crippen molar-refractivity contribution in [3.63, 3.8) is 0 Å². The Labute approximate surface area is 108 Å².